The largest absolute Gasteiger partial charge is 0.330 e. The molecule has 3 aliphatic heterocycles. The van der Waals surface area contributed by atoms with Crippen LogP contribution in [-0.4, -0.2) is 69.8 Å². The van der Waals surface area contributed by atoms with E-state index < -0.39 is 6.04 Å². The van der Waals surface area contributed by atoms with E-state index in [2.05, 4.69) is 33.0 Å². The average molecular weight is 485 g/mol. The van der Waals surface area contributed by atoms with E-state index in [9.17, 15) is 14.9 Å². The molecule has 180 valence electrons. The Balaban J connectivity index is 1.10. The minimum Gasteiger partial charge on any atom is -0.330 e. The summed E-state index contributed by atoms with van der Waals surface area (Å²) in [4.78, 5) is 37.4. The lowest BCUT2D eigenvalue weighted by Crippen LogP contribution is -2.57. The number of carbonyl (C=O) groups is 2. The molecule has 11 heteroatoms. The molecule has 6 rings (SSSR count). The highest BCUT2D eigenvalue weighted by molar-refractivity contribution is 7.94. The van der Waals surface area contributed by atoms with E-state index in [1.165, 1.54) is 11.1 Å². The molecule has 34 heavy (non-hydrogen) atoms. The molecule has 3 heterocycles. The van der Waals surface area contributed by atoms with Crippen LogP contribution in [0.2, 0.25) is 0 Å². The van der Waals surface area contributed by atoms with Crippen LogP contribution < -0.4 is 11.6 Å². The summed E-state index contributed by atoms with van der Waals surface area (Å²) >= 11 is 1.06. The highest BCUT2D eigenvalue weighted by atomic mass is 32.2. The van der Waals surface area contributed by atoms with Gasteiger partial charge in [0.1, 0.15) is 6.04 Å². The Bertz CT molecular complexity index is 1060. The summed E-state index contributed by atoms with van der Waals surface area (Å²) in [5.74, 6) is 5.37. The van der Waals surface area contributed by atoms with Gasteiger partial charge in [-0.3, -0.25) is 14.5 Å². The van der Waals surface area contributed by atoms with E-state index in [1.807, 2.05) is 6.07 Å². The molecule has 2 bridgehead atoms. The summed E-state index contributed by atoms with van der Waals surface area (Å²) < 4.78 is 4.75. The van der Waals surface area contributed by atoms with Crippen molar-refractivity contribution in [1.82, 2.24) is 14.7 Å². The average Bonchev–Trinajstić information content (AvgIpc) is 3.17. The Morgan fingerprint density at radius 2 is 2.15 bits per heavy atom. The van der Waals surface area contributed by atoms with Crippen LogP contribution in [0.15, 0.2) is 23.1 Å². The van der Waals surface area contributed by atoms with Crippen LogP contribution in [0, 0.1) is 17.2 Å². The molecule has 1 saturated carbocycles. The number of nitriles is 1. The molecular formula is C23H28N6O4S. The predicted molar refractivity (Wildman–Crippen MR) is 121 cm³/mol. The maximum absolute atomic E-state index is 13.4. The zero-order chi connectivity index (χ0) is 23.6. The van der Waals surface area contributed by atoms with Crippen molar-refractivity contribution in [2.45, 2.75) is 73.3 Å². The van der Waals surface area contributed by atoms with Crippen molar-refractivity contribution in [3.63, 3.8) is 0 Å². The number of fused-ring (bicyclic) bond motifs is 4. The number of amides is 2. The number of nitrogens with two attached hydrogens (primary N) is 2. The third-order valence-electron chi connectivity index (χ3n) is 8.24. The number of piperidine rings is 1. The van der Waals surface area contributed by atoms with Gasteiger partial charge in [-0.15, -0.1) is 9.32 Å². The molecule has 1 unspecified atom stereocenters. The zero-order valence-electron chi connectivity index (χ0n) is 18.7. The van der Waals surface area contributed by atoms with Gasteiger partial charge in [-0.1, -0.05) is 6.07 Å². The fraction of sp³-hybridized carbons (Fsp3) is 0.609. The van der Waals surface area contributed by atoms with E-state index in [-0.39, 0.29) is 42.0 Å². The van der Waals surface area contributed by atoms with Crippen molar-refractivity contribution in [2.24, 2.45) is 17.5 Å². The first-order chi connectivity index (χ1) is 16.5. The maximum atomic E-state index is 13.4. The van der Waals surface area contributed by atoms with Crippen LogP contribution in [0.1, 0.15) is 42.9 Å². The van der Waals surface area contributed by atoms with Crippen LogP contribution in [0.4, 0.5) is 0 Å². The summed E-state index contributed by atoms with van der Waals surface area (Å²) in [6.07, 6.45) is 4.32. The third kappa shape index (κ3) is 3.52. The second-order valence-corrected chi connectivity index (χ2v) is 10.8. The van der Waals surface area contributed by atoms with Crippen LogP contribution in [0.3, 0.4) is 0 Å². The molecule has 0 aromatic heterocycles. The summed E-state index contributed by atoms with van der Waals surface area (Å²) in [6.45, 7) is 1.09. The molecule has 10 nitrogen and oxygen atoms in total. The second kappa shape index (κ2) is 8.48. The SMILES string of the molecule is N#C[C@@H]1C[C@@H]2C[C@@H]2N1C(=O)[C@@H](N)CN1CC2C[C@H]1C(=O)N2[C@H]1CCc2cc(SOON)ccc21. The standard InChI is InChI=1S/C23H28N6O4S/c24-9-14-5-13-7-20(13)28(14)22(30)18(25)11-27-10-15-8-21(27)23(31)29(15)19-4-1-12-6-16(34-33-32-26)2-3-17(12)19/h2-3,6,13-15,18-21H,1,4-5,7-8,10-11,25-26H2/t13-,14+,15?,18+,19+,20+,21+/m1/s1. The number of likely N-dealkylation sites (tertiary alicyclic amines) is 3. The van der Waals surface area contributed by atoms with E-state index in [4.69, 9.17) is 16.0 Å². The lowest BCUT2D eigenvalue weighted by atomic mass is 10.1. The number of hydrogen-bond donors (Lipinski definition) is 2. The summed E-state index contributed by atoms with van der Waals surface area (Å²) in [7, 11) is 0. The number of piperazine rings is 1. The summed E-state index contributed by atoms with van der Waals surface area (Å²) in [6, 6.07) is 7.43. The van der Waals surface area contributed by atoms with Crippen molar-refractivity contribution >= 4 is 23.9 Å². The normalized spacial score (nSPS) is 34.3. The van der Waals surface area contributed by atoms with Gasteiger partial charge in [-0.2, -0.15) is 11.2 Å². The monoisotopic (exact) mass is 484 g/mol. The Hall–Kier alpha value is -2.20. The van der Waals surface area contributed by atoms with Gasteiger partial charge in [0.25, 0.3) is 0 Å². The predicted octanol–water partition coefficient (Wildman–Crippen LogP) is 0.628. The molecule has 7 atom stereocenters. The Labute approximate surface area is 202 Å². The van der Waals surface area contributed by atoms with Gasteiger partial charge in [0.15, 0.2) is 0 Å². The lowest BCUT2D eigenvalue weighted by Gasteiger charge is -2.38. The first-order valence-corrected chi connectivity index (χ1v) is 12.6. The molecule has 0 radical (unpaired) electrons. The van der Waals surface area contributed by atoms with Gasteiger partial charge in [0.05, 0.1) is 36.2 Å². The van der Waals surface area contributed by atoms with E-state index in [0.29, 0.717) is 12.5 Å². The van der Waals surface area contributed by atoms with Crippen molar-refractivity contribution in [3.05, 3.63) is 29.3 Å². The van der Waals surface area contributed by atoms with Crippen molar-refractivity contribution in [3.8, 4) is 6.07 Å². The number of aryl methyl sites for hydroxylation is 1. The number of hydrogen-bond acceptors (Lipinski definition) is 9. The molecule has 2 amide bonds. The topological polar surface area (TPSA) is 138 Å². The highest BCUT2D eigenvalue weighted by Gasteiger charge is 2.56. The zero-order valence-corrected chi connectivity index (χ0v) is 19.5. The molecule has 0 spiro atoms. The molecule has 1 aromatic rings. The smallest absolute Gasteiger partial charge is 0.242 e. The lowest BCUT2D eigenvalue weighted by molar-refractivity contribution is -0.195. The second-order valence-electron chi connectivity index (χ2n) is 10.1. The molecule has 4 N–H and O–H groups in total. The van der Waals surface area contributed by atoms with Gasteiger partial charge < -0.3 is 15.5 Å². The van der Waals surface area contributed by atoms with Crippen molar-refractivity contribution in [1.29, 1.82) is 5.26 Å². The molecule has 2 aliphatic carbocycles. The molecular weight excluding hydrogens is 456 g/mol. The van der Waals surface area contributed by atoms with Crippen LogP contribution in [-0.2, 0) is 25.3 Å². The van der Waals surface area contributed by atoms with Crippen LogP contribution in [0.25, 0.3) is 0 Å². The van der Waals surface area contributed by atoms with Crippen molar-refractivity contribution < 1.29 is 18.9 Å². The fourth-order valence-corrected chi connectivity index (χ4v) is 7.11. The van der Waals surface area contributed by atoms with Gasteiger partial charge in [0, 0.05) is 30.1 Å². The molecule has 1 aromatic carbocycles. The van der Waals surface area contributed by atoms with Gasteiger partial charge in [0.2, 0.25) is 11.8 Å². The number of nitrogens with zero attached hydrogens (tertiary/aromatic N) is 4. The maximum Gasteiger partial charge on any atom is 0.242 e. The number of rotatable bonds is 7. The van der Waals surface area contributed by atoms with Crippen LogP contribution >= 0.6 is 12.0 Å². The quantitative estimate of drug-likeness (QED) is 0.324. The van der Waals surface area contributed by atoms with E-state index >= 15 is 0 Å². The van der Waals surface area contributed by atoms with Crippen LogP contribution in [0.5, 0.6) is 0 Å². The summed E-state index contributed by atoms with van der Waals surface area (Å²) in [5, 5.41) is 9.40. The first kappa shape index (κ1) is 22.3. The Kier molecular flexibility index (Phi) is 5.55. The Morgan fingerprint density at radius 1 is 1.29 bits per heavy atom. The third-order valence-corrected chi connectivity index (χ3v) is 8.83. The van der Waals surface area contributed by atoms with Gasteiger partial charge in [-0.25, -0.2) is 0 Å². The van der Waals surface area contributed by atoms with Gasteiger partial charge in [-0.05, 0) is 61.3 Å². The Morgan fingerprint density at radius 3 is 2.91 bits per heavy atom. The first-order valence-electron chi connectivity index (χ1n) is 11.9. The molecule has 4 fully saturated rings. The van der Waals surface area contributed by atoms with E-state index in [0.717, 1.165) is 55.6 Å². The minimum atomic E-state index is -0.710. The highest BCUT2D eigenvalue weighted by Crippen LogP contribution is 2.48. The van der Waals surface area contributed by atoms with E-state index in [1.54, 1.807) is 4.90 Å². The minimum absolute atomic E-state index is 0.0773. The molecule has 5 aliphatic rings. The van der Waals surface area contributed by atoms with Gasteiger partial charge >= 0.3 is 0 Å². The van der Waals surface area contributed by atoms with Crippen molar-refractivity contribution in [2.75, 3.05) is 13.1 Å². The number of benzene rings is 1. The number of carbonyl (C=O) groups excluding carboxylic acids is 2. The molecule has 3 saturated heterocycles. The fourth-order valence-electron chi connectivity index (χ4n) is 6.68. The summed E-state index contributed by atoms with van der Waals surface area (Å²) in [5.41, 5.74) is 8.73.